The predicted molar refractivity (Wildman–Crippen MR) is 308 cm³/mol. The van der Waals surface area contributed by atoms with Crippen LogP contribution in [0.5, 0.6) is 0 Å². The molecule has 34 heteroatoms. The first kappa shape index (κ1) is 78.0. The Labute approximate surface area is 504 Å². The number of rotatable bonds is 45. The number of esters is 1. The molecular formula is C53H90N16O18. The van der Waals surface area contributed by atoms with Crippen molar-refractivity contribution in [3.63, 3.8) is 0 Å². The van der Waals surface area contributed by atoms with Crippen LogP contribution >= 0.6 is 0 Å². The molecule has 0 rings (SSSR count). The summed E-state index contributed by atoms with van der Waals surface area (Å²) < 4.78 is 4.86. The maximum absolute atomic E-state index is 14.3. The second-order valence-electron chi connectivity index (χ2n) is 20.5. The van der Waals surface area contributed by atoms with E-state index < -0.39 is 181 Å². The third-order valence-electron chi connectivity index (χ3n) is 12.6. The molecule has 0 aromatic carbocycles. The summed E-state index contributed by atoms with van der Waals surface area (Å²) in [6.07, 6.45) is 0.132. The van der Waals surface area contributed by atoms with E-state index in [9.17, 15) is 81.5 Å². The largest absolute Gasteiger partial charge is 0.467 e. The standard InChI is InChI=1S/C53H90N16O18/c1-8-9-10-20-36(53(86)87-7)69-45(78)28(2)61-49(82)34(67-50(83)35(68-52(85)40(27-44(57)77)65-32(6)73)19-13-16-23-60-48(81)38(25-42(55)75)63-30(4)71)18-12-15-21-58-46(79)33(66-51(84)39(26-43(56)76)64-31(5)72)17-11-14-22-59-47(80)37(24-41(54)74)62-29(3)70/h28,33-40H,8-27H2,1-7H3,(H2,54,74)(H2,55,75)(H2,56,76)(H2,57,77)(H,58,79)(H,59,80)(H,60,81)(H,61,82)(H,62,70)(H,63,71)(H,64,72)(H,65,73)(H,66,84)(H,67,83)(H,68,85)(H,69,78). The first-order chi connectivity index (χ1) is 40.8. The van der Waals surface area contributed by atoms with Crippen molar-refractivity contribution < 1.29 is 86.2 Å². The van der Waals surface area contributed by atoms with Gasteiger partial charge in [-0.2, -0.15) is 0 Å². The van der Waals surface area contributed by atoms with Gasteiger partial charge in [-0.3, -0.25) is 76.7 Å². The van der Waals surface area contributed by atoms with E-state index in [1.807, 2.05) is 6.92 Å². The number of carbonyl (C=O) groups is 17. The summed E-state index contributed by atoms with van der Waals surface area (Å²) in [7, 11) is 1.14. The van der Waals surface area contributed by atoms with E-state index in [1.54, 1.807) is 0 Å². The quantitative estimate of drug-likeness (QED) is 0.0199. The minimum atomic E-state index is -1.56. The number of ether oxygens (including phenoxy) is 1. The van der Waals surface area contributed by atoms with Crippen LogP contribution in [0.15, 0.2) is 0 Å². The second-order valence-corrected chi connectivity index (χ2v) is 20.5. The molecule has 0 fully saturated rings. The van der Waals surface area contributed by atoms with Gasteiger partial charge in [0.15, 0.2) is 0 Å². The highest BCUT2D eigenvalue weighted by Gasteiger charge is 2.33. The number of hydrogen-bond acceptors (Lipinski definition) is 18. The third-order valence-corrected chi connectivity index (χ3v) is 12.6. The number of primary amides is 4. The number of unbranched alkanes of at least 4 members (excludes halogenated alkanes) is 5. The summed E-state index contributed by atoms with van der Waals surface area (Å²) in [5.41, 5.74) is 21.1. The number of methoxy groups -OCH3 is 1. The van der Waals surface area contributed by atoms with E-state index >= 15 is 0 Å². The lowest BCUT2D eigenvalue weighted by Gasteiger charge is -2.26. The maximum Gasteiger partial charge on any atom is 0.328 e. The van der Waals surface area contributed by atoms with Gasteiger partial charge in [-0.15, -0.1) is 0 Å². The Hall–Kier alpha value is -9.01. The van der Waals surface area contributed by atoms with Crippen LogP contribution in [-0.4, -0.2) is 182 Å². The Balaban J connectivity index is 6.89. The topological polar surface area (TPSA) is 548 Å². The molecule has 9 unspecified atom stereocenters. The summed E-state index contributed by atoms with van der Waals surface area (Å²) in [6.45, 7) is 7.43. The van der Waals surface area contributed by atoms with Crippen LogP contribution < -0.4 is 86.7 Å². The lowest BCUT2D eigenvalue weighted by Crippen LogP contribution is -2.58. The zero-order valence-electron chi connectivity index (χ0n) is 50.5. The SMILES string of the molecule is CCCCCC(NC(=O)C(C)NC(=O)C(CCCCNC(=O)C(CCCCNC(=O)C(CC(N)=O)NC(C)=O)NC(=O)C(CC(N)=O)NC(C)=O)NC(=O)C(CCCCNC(=O)C(CC(N)=O)NC(C)=O)NC(=O)C(CC(N)=O)NC(C)=O)C(=O)OC. The molecule has 34 nitrogen and oxygen atoms in total. The van der Waals surface area contributed by atoms with Crippen LogP contribution in [0.25, 0.3) is 0 Å². The van der Waals surface area contributed by atoms with Crippen LogP contribution in [0.3, 0.4) is 0 Å². The molecule has 20 N–H and O–H groups in total. The zero-order valence-corrected chi connectivity index (χ0v) is 50.5. The maximum atomic E-state index is 14.3. The molecule has 0 aliphatic rings. The Bertz CT molecular complexity index is 2360. The van der Waals surface area contributed by atoms with Gasteiger partial charge in [0.05, 0.1) is 32.8 Å². The van der Waals surface area contributed by atoms with Crippen molar-refractivity contribution in [2.24, 2.45) is 22.9 Å². The first-order valence-electron chi connectivity index (χ1n) is 28.5. The minimum Gasteiger partial charge on any atom is -0.467 e. The Morgan fingerprint density at radius 2 is 0.575 bits per heavy atom. The summed E-state index contributed by atoms with van der Waals surface area (Å²) in [5, 5.41) is 29.6. The molecule has 0 saturated heterocycles. The Morgan fingerprint density at radius 3 is 0.874 bits per heavy atom. The summed E-state index contributed by atoms with van der Waals surface area (Å²) in [5.74, 6) is -13.9. The summed E-state index contributed by atoms with van der Waals surface area (Å²) in [6, 6.07) is -12.4. The van der Waals surface area contributed by atoms with Gasteiger partial charge < -0.3 is 91.5 Å². The molecule has 87 heavy (non-hydrogen) atoms. The molecule has 0 saturated carbocycles. The number of nitrogens with one attached hydrogen (secondary N) is 12. The number of nitrogens with two attached hydrogens (primary N) is 4. The monoisotopic (exact) mass is 1240 g/mol. The van der Waals surface area contributed by atoms with E-state index in [1.165, 1.54) is 6.92 Å². The molecule has 0 aliphatic heterocycles. The van der Waals surface area contributed by atoms with Gasteiger partial charge in [0.2, 0.25) is 94.5 Å². The van der Waals surface area contributed by atoms with Gasteiger partial charge in [-0.25, -0.2) is 4.79 Å². The van der Waals surface area contributed by atoms with E-state index in [0.29, 0.717) is 6.42 Å². The first-order valence-corrected chi connectivity index (χ1v) is 28.5. The van der Waals surface area contributed by atoms with E-state index in [4.69, 9.17) is 27.7 Å². The minimum absolute atomic E-state index is 0.0170. The van der Waals surface area contributed by atoms with Crippen LogP contribution in [0.4, 0.5) is 0 Å². The molecular weight excluding hydrogens is 1150 g/mol. The van der Waals surface area contributed by atoms with Gasteiger partial charge in [0.1, 0.15) is 54.4 Å². The molecule has 490 valence electrons. The van der Waals surface area contributed by atoms with Crippen LogP contribution in [0, 0.1) is 0 Å². The van der Waals surface area contributed by atoms with E-state index in [-0.39, 0.29) is 83.8 Å². The van der Waals surface area contributed by atoms with Crippen molar-refractivity contribution in [1.82, 2.24) is 63.8 Å². The highest BCUT2D eigenvalue weighted by molar-refractivity contribution is 5.98. The van der Waals surface area contributed by atoms with Crippen molar-refractivity contribution in [3.05, 3.63) is 0 Å². The lowest BCUT2D eigenvalue weighted by molar-refractivity contribution is -0.145. The smallest absolute Gasteiger partial charge is 0.328 e. The summed E-state index contributed by atoms with van der Waals surface area (Å²) in [4.78, 5) is 215. The number of amides is 16. The van der Waals surface area contributed by atoms with Crippen molar-refractivity contribution in [1.29, 1.82) is 0 Å². The van der Waals surface area contributed by atoms with Crippen molar-refractivity contribution in [3.8, 4) is 0 Å². The van der Waals surface area contributed by atoms with Gasteiger partial charge in [-0.05, 0) is 71.1 Å². The van der Waals surface area contributed by atoms with Crippen molar-refractivity contribution in [2.45, 2.75) is 205 Å². The fourth-order valence-corrected chi connectivity index (χ4v) is 8.34. The molecule has 16 amide bonds. The summed E-state index contributed by atoms with van der Waals surface area (Å²) >= 11 is 0. The fraction of sp³-hybridized carbons (Fsp3) is 0.679. The Kier molecular flexibility index (Phi) is 38.3. The molecule has 0 spiro atoms. The van der Waals surface area contributed by atoms with E-state index in [0.717, 1.165) is 47.6 Å². The van der Waals surface area contributed by atoms with E-state index in [2.05, 4.69) is 63.8 Å². The second kappa shape index (κ2) is 42.7. The molecule has 0 aromatic heterocycles. The fourth-order valence-electron chi connectivity index (χ4n) is 8.34. The normalized spacial score (nSPS) is 13.8. The average Bonchev–Trinajstić information content (AvgIpc) is 3.57. The van der Waals surface area contributed by atoms with Gasteiger partial charge >= 0.3 is 5.97 Å². The lowest BCUT2D eigenvalue weighted by atomic mass is 10.0. The van der Waals surface area contributed by atoms with Gasteiger partial charge in [-0.1, -0.05) is 26.2 Å². The predicted octanol–water partition coefficient (Wildman–Crippen LogP) is -6.44. The molecule has 0 heterocycles. The molecule has 0 aromatic rings. The van der Waals surface area contributed by atoms with Crippen molar-refractivity contribution >= 4 is 100 Å². The van der Waals surface area contributed by atoms with Crippen LogP contribution in [-0.2, 0) is 86.2 Å². The highest BCUT2D eigenvalue weighted by Crippen LogP contribution is 2.11. The Morgan fingerprint density at radius 1 is 0.322 bits per heavy atom. The molecule has 0 aliphatic carbocycles. The number of hydrogen-bond donors (Lipinski definition) is 16. The zero-order chi connectivity index (χ0) is 66.3. The number of carbonyl (C=O) groups excluding carboxylic acids is 17. The average molecular weight is 1240 g/mol. The highest BCUT2D eigenvalue weighted by atomic mass is 16.5. The molecule has 0 bridgehead atoms. The van der Waals surface area contributed by atoms with Crippen LogP contribution in [0.1, 0.15) is 151 Å². The molecule has 0 radical (unpaired) electrons. The molecule has 9 atom stereocenters. The van der Waals surface area contributed by atoms with Gasteiger partial charge in [0, 0.05) is 47.3 Å². The van der Waals surface area contributed by atoms with Crippen LogP contribution in [0.2, 0.25) is 0 Å². The van der Waals surface area contributed by atoms with Crippen molar-refractivity contribution in [2.75, 3.05) is 26.7 Å². The van der Waals surface area contributed by atoms with Gasteiger partial charge in [0.25, 0.3) is 0 Å². The third kappa shape index (κ3) is 35.8.